The number of fused-ring (bicyclic) bond motifs is 1. The van der Waals surface area contributed by atoms with Crippen molar-refractivity contribution in [2.24, 2.45) is 11.8 Å². The molecule has 4 rings (SSSR count). The van der Waals surface area contributed by atoms with Crippen LogP contribution < -0.4 is 10.2 Å². The molecule has 180 valence electrons. The highest BCUT2D eigenvalue weighted by Gasteiger charge is 2.42. The van der Waals surface area contributed by atoms with Crippen LogP contribution in [0.1, 0.15) is 77.2 Å². The number of hydrogen-bond acceptors (Lipinski definition) is 4. The third-order valence-corrected chi connectivity index (χ3v) is 8.14. The molecule has 0 bridgehead atoms. The van der Waals surface area contributed by atoms with E-state index >= 15 is 0 Å². The van der Waals surface area contributed by atoms with Crippen molar-refractivity contribution >= 4 is 23.3 Å². The number of hydrogen-bond donors (Lipinski definition) is 1. The third-order valence-electron chi connectivity index (χ3n) is 8.14. The molecule has 0 radical (unpaired) electrons. The van der Waals surface area contributed by atoms with Crippen molar-refractivity contribution in [3.8, 4) is 0 Å². The van der Waals surface area contributed by atoms with Gasteiger partial charge < -0.3 is 15.1 Å². The monoisotopic (exact) mass is 453 g/mol. The van der Waals surface area contributed by atoms with Crippen LogP contribution in [0, 0.1) is 11.8 Å². The minimum atomic E-state index is -0.438. The van der Waals surface area contributed by atoms with E-state index in [9.17, 15) is 14.4 Å². The second kappa shape index (κ2) is 10.4. The van der Waals surface area contributed by atoms with Crippen LogP contribution in [0.15, 0.2) is 24.3 Å². The number of nitrogens with zero attached hydrogens (tertiary/aromatic N) is 2. The van der Waals surface area contributed by atoms with Gasteiger partial charge in [-0.25, -0.2) is 0 Å². The Morgan fingerprint density at radius 1 is 1.00 bits per heavy atom. The molecule has 1 aromatic rings. The zero-order valence-electron chi connectivity index (χ0n) is 20.4. The van der Waals surface area contributed by atoms with Gasteiger partial charge in [-0.3, -0.25) is 14.4 Å². The number of carbonyl (C=O) groups excluding carboxylic acids is 3. The smallest absolute Gasteiger partial charge is 0.235 e. The maximum atomic E-state index is 13.5. The predicted molar refractivity (Wildman–Crippen MR) is 130 cm³/mol. The summed E-state index contributed by atoms with van der Waals surface area (Å²) in [5, 5.41) is 2.56. The molecule has 1 unspecified atom stereocenters. The fourth-order valence-corrected chi connectivity index (χ4v) is 6.16. The maximum Gasteiger partial charge on any atom is 0.235 e. The van der Waals surface area contributed by atoms with E-state index in [1.165, 1.54) is 32.6 Å². The van der Waals surface area contributed by atoms with Gasteiger partial charge in [0.05, 0.1) is 12.5 Å². The molecule has 2 heterocycles. The predicted octanol–water partition coefficient (Wildman–Crippen LogP) is 3.89. The Kier molecular flexibility index (Phi) is 7.52. The molecule has 0 spiro atoms. The fourth-order valence-electron chi connectivity index (χ4n) is 6.16. The summed E-state index contributed by atoms with van der Waals surface area (Å²) in [6.45, 7) is 8.16. The van der Waals surface area contributed by atoms with Gasteiger partial charge >= 0.3 is 0 Å². The van der Waals surface area contributed by atoms with E-state index in [0.29, 0.717) is 6.04 Å². The summed E-state index contributed by atoms with van der Waals surface area (Å²) in [6, 6.07) is 8.80. The number of Topliss-reactive ketones (excluding diaryl/α,β-unsaturated/α-hetero) is 1. The van der Waals surface area contributed by atoms with Crippen molar-refractivity contribution < 1.29 is 14.4 Å². The highest BCUT2D eigenvalue weighted by Crippen LogP contribution is 2.42. The van der Waals surface area contributed by atoms with Crippen LogP contribution in [0.2, 0.25) is 0 Å². The number of piperidine rings is 1. The number of ketones is 1. The van der Waals surface area contributed by atoms with Crippen LogP contribution in [0.5, 0.6) is 0 Å². The first-order chi connectivity index (χ1) is 15.8. The first-order valence-electron chi connectivity index (χ1n) is 12.8. The van der Waals surface area contributed by atoms with Crippen molar-refractivity contribution in [3.05, 3.63) is 29.8 Å². The summed E-state index contributed by atoms with van der Waals surface area (Å²) in [6.07, 6.45) is 7.40. The molecule has 1 saturated heterocycles. The summed E-state index contributed by atoms with van der Waals surface area (Å²) < 4.78 is 0. The Hall–Kier alpha value is -2.21. The molecule has 0 aromatic heterocycles. The highest BCUT2D eigenvalue weighted by molar-refractivity contribution is 6.07. The minimum Gasteiger partial charge on any atom is -0.349 e. The van der Waals surface area contributed by atoms with E-state index in [0.717, 1.165) is 49.0 Å². The Bertz CT molecular complexity index is 867. The Morgan fingerprint density at radius 3 is 2.30 bits per heavy atom. The lowest BCUT2D eigenvalue weighted by Gasteiger charge is -2.43. The first-order valence-corrected chi connectivity index (χ1v) is 12.8. The van der Waals surface area contributed by atoms with Crippen LogP contribution in [0.25, 0.3) is 0 Å². The number of rotatable bonds is 7. The number of benzene rings is 1. The van der Waals surface area contributed by atoms with Crippen LogP contribution in [0.4, 0.5) is 5.69 Å². The summed E-state index contributed by atoms with van der Waals surface area (Å²) in [7, 11) is 0. The van der Waals surface area contributed by atoms with E-state index in [4.69, 9.17) is 0 Å². The van der Waals surface area contributed by atoms with Crippen LogP contribution >= 0.6 is 0 Å². The largest absolute Gasteiger partial charge is 0.349 e. The quantitative estimate of drug-likeness (QED) is 0.680. The van der Waals surface area contributed by atoms with Gasteiger partial charge in [0, 0.05) is 44.2 Å². The summed E-state index contributed by atoms with van der Waals surface area (Å²) in [4.78, 5) is 41.7. The second-order valence-electron chi connectivity index (χ2n) is 10.6. The van der Waals surface area contributed by atoms with Crippen LogP contribution in [-0.4, -0.2) is 54.2 Å². The number of likely N-dealkylation sites (tertiary alicyclic amines) is 1. The van der Waals surface area contributed by atoms with E-state index in [2.05, 4.69) is 24.1 Å². The van der Waals surface area contributed by atoms with Gasteiger partial charge in [0.25, 0.3) is 0 Å². The van der Waals surface area contributed by atoms with Crippen molar-refractivity contribution in [3.63, 3.8) is 0 Å². The van der Waals surface area contributed by atoms with Crippen molar-refractivity contribution in [2.75, 3.05) is 24.5 Å². The van der Waals surface area contributed by atoms with E-state index in [1.54, 1.807) is 0 Å². The van der Waals surface area contributed by atoms with Gasteiger partial charge in [0.2, 0.25) is 11.8 Å². The van der Waals surface area contributed by atoms with Crippen molar-refractivity contribution in [1.29, 1.82) is 0 Å². The van der Waals surface area contributed by atoms with E-state index in [-0.39, 0.29) is 36.6 Å². The van der Waals surface area contributed by atoms with Gasteiger partial charge in [0.15, 0.2) is 5.78 Å². The molecule has 1 aromatic carbocycles. The molecule has 1 saturated carbocycles. The lowest BCUT2D eigenvalue weighted by Crippen LogP contribution is -2.50. The van der Waals surface area contributed by atoms with E-state index < -0.39 is 5.92 Å². The molecule has 1 atom stereocenters. The number of para-hydroxylation sites is 1. The van der Waals surface area contributed by atoms with Crippen LogP contribution in [-0.2, 0) is 14.4 Å². The van der Waals surface area contributed by atoms with Crippen molar-refractivity contribution in [1.82, 2.24) is 10.2 Å². The number of nitrogens with one attached hydrogen (secondary N) is 1. The van der Waals surface area contributed by atoms with Gasteiger partial charge in [-0.1, -0.05) is 32.0 Å². The lowest BCUT2D eigenvalue weighted by atomic mass is 9.79. The average Bonchev–Trinajstić information content (AvgIpc) is 3.09. The molecular weight excluding hydrogens is 414 g/mol. The Morgan fingerprint density at radius 2 is 1.67 bits per heavy atom. The van der Waals surface area contributed by atoms with E-state index in [1.807, 2.05) is 29.2 Å². The average molecular weight is 454 g/mol. The van der Waals surface area contributed by atoms with Gasteiger partial charge in [-0.2, -0.15) is 0 Å². The van der Waals surface area contributed by atoms with Crippen molar-refractivity contribution in [2.45, 2.75) is 83.7 Å². The number of amides is 2. The zero-order chi connectivity index (χ0) is 23.5. The standard InChI is InChI=1S/C27H39N3O3/c1-18(2)20-8-10-21(11-9-20)29-14-12-22(13-15-29)30-26-7-5-4-6-24(26)25(27(30)33)16-23(32)17-28-19(3)31/h4-7,18,20-22,25H,8-17H2,1-3H3,(H,28,31). The SMILES string of the molecule is CC(=O)NCC(=O)CC1C(=O)N(C2CCN(C3CCC(C(C)C)CC3)CC2)c2ccccc21. The molecule has 6 nitrogen and oxygen atoms in total. The maximum absolute atomic E-state index is 13.5. The fraction of sp³-hybridized carbons (Fsp3) is 0.667. The molecule has 1 aliphatic carbocycles. The molecule has 2 aliphatic heterocycles. The molecular formula is C27H39N3O3. The topological polar surface area (TPSA) is 69.7 Å². The normalized spacial score (nSPS) is 26.5. The minimum absolute atomic E-state index is 0.0152. The molecule has 2 fully saturated rings. The van der Waals surface area contributed by atoms with Crippen LogP contribution in [0.3, 0.4) is 0 Å². The Labute approximate surface area is 198 Å². The highest BCUT2D eigenvalue weighted by atomic mass is 16.2. The Balaban J connectivity index is 1.38. The summed E-state index contributed by atoms with van der Waals surface area (Å²) in [5.74, 6) is 0.938. The summed E-state index contributed by atoms with van der Waals surface area (Å²) in [5.41, 5.74) is 1.92. The number of carbonyl (C=O) groups is 3. The zero-order valence-corrected chi connectivity index (χ0v) is 20.4. The molecule has 3 aliphatic rings. The third kappa shape index (κ3) is 5.32. The molecule has 1 N–H and O–H groups in total. The van der Waals surface area contributed by atoms with Gasteiger partial charge in [-0.05, 0) is 62.0 Å². The first kappa shape index (κ1) is 23.9. The second-order valence-corrected chi connectivity index (χ2v) is 10.6. The summed E-state index contributed by atoms with van der Waals surface area (Å²) >= 11 is 0. The molecule has 6 heteroatoms. The lowest BCUT2D eigenvalue weighted by molar-refractivity contribution is -0.126. The molecule has 33 heavy (non-hydrogen) atoms. The van der Waals surface area contributed by atoms with Gasteiger partial charge in [0.1, 0.15) is 0 Å². The number of anilines is 1. The van der Waals surface area contributed by atoms with Gasteiger partial charge in [-0.15, -0.1) is 0 Å². The molecule has 2 amide bonds.